The number of hydrogen-bond donors (Lipinski definition) is 2. The van der Waals surface area contributed by atoms with Gasteiger partial charge in [0, 0.05) is 4.47 Å². The lowest BCUT2D eigenvalue weighted by molar-refractivity contribution is 0.0896. The Hall–Kier alpha value is -0.940. The average molecular weight is 304 g/mol. The second kappa shape index (κ2) is 6.12. The smallest absolute Gasteiger partial charge is 0.252 e. The molecule has 0 saturated carbocycles. The van der Waals surface area contributed by atoms with Crippen molar-refractivity contribution in [3.05, 3.63) is 34.1 Å². The van der Waals surface area contributed by atoms with Crippen molar-refractivity contribution in [2.24, 2.45) is 5.92 Å². The van der Waals surface area contributed by atoms with Crippen LogP contribution in [0.1, 0.15) is 24.2 Å². The fourth-order valence-corrected chi connectivity index (χ4v) is 1.87. The van der Waals surface area contributed by atoms with E-state index in [2.05, 4.69) is 21.2 Å². The van der Waals surface area contributed by atoms with Crippen LogP contribution in [0.5, 0.6) is 0 Å². The van der Waals surface area contributed by atoms with Gasteiger partial charge in [-0.25, -0.2) is 4.39 Å². The molecule has 1 aromatic rings. The molecule has 17 heavy (non-hydrogen) atoms. The van der Waals surface area contributed by atoms with E-state index in [0.29, 0.717) is 10.0 Å². The van der Waals surface area contributed by atoms with Gasteiger partial charge < -0.3 is 10.4 Å². The first-order valence-corrected chi connectivity index (χ1v) is 6.11. The van der Waals surface area contributed by atoms with E-state index in [-0.39, 0.29) is 24.5 Å². The third-order valence-corrected chi connectivity index (χ3v) is 3.15. The van der Waals surface area contributed by atoms with Gasteiger partial charge in [-0.15, -0.1) is 0 Å². The monoisotopic (exact) mass is 303 g/mol. The molecule has 1 amide bonds. The number of hydrogen-bond acceptors (Lipinski definition) is 2. The van der Waals surface area contributed by atoms with Crippen molar-refractivity contribution >= 4 is 21.8 Å². The summed E-state index contributed by atoms with van der Waals surface area (Å²) in [7, 11) is 0. The van der Waals surface area contributed by atoms with Gasteiger partial charge in [0.1, 0.15) is 5.82 Å². The van der Waals surface area contributed by atoms with E-state index in [0.717, 1.165) is 0 Å². The molecule has 5 heteroatoms. The van der Waals surface area contributed by atoms with Gasteiger partial charge >= 0.3 is 0 Å². The number of halogens is 2. The molecule has 0 fully saturated rings. The number of carbonyl (C=O) groups is 1. The summed E-state index contributed by atoms with van der Waals surface area (Å²) in [5.74, 6) is -0.608. The minimum Gasteiger partial charge on any atom is -0.394 e. The Morgan fingerprint density at radius 2 is 2.18 bits per heavy atom. The van der Waals surface area contributed by atoms with Crippen LogP contribution in [0.15, 0.2) is 22.7 Å². The fraction of sp³-hybridized carbons (Fsp3) is 0.417. The summed E-state index contributed by atoms with van der Waals surface area (Å²) in [6, 6.07) is 3.56. The Kier molecular flexibility index (Phi) is 5.08. The fourth-order valence-electron chi connectivity index (χ4n) is 1.34. The third-order valence-electron chi connectivity index (χ3n) is 2.49. The van der Waals surface area contributed by atoms with E-state index in [4.69, 9.17) is 5.11 Å². The van der Waals surface area contributed by atoms with Crippen LogP contribution < -0.4 is 5.32 Å². The largest absolute Gasteiger partial charge is 0.394 e. The molecule has 1 atom stereocenters. The lowest BCUT2D eigenvalue weighted by Crippen LogP contribution is -2.41. The summed E-state index contributed by atoms with van der Waals surface area (Å²) in [6.45, 7) is 3.68. The second-order valence-electron chi connectivity index (χ2n) is 4.13. The van der Waals surface area contributed by atoms with Crippen molar-refractivity contribution in [3.63, 3.8) is 0 Å². The Bertz CT molecular complexity index is 409. The van der Waals surface area contributed by atoms with E-state index in [1.807, 2.05) is 13.8 Å². The number of rotatable bonds is 4. The Morgan fingerprint density at radius 3 is 2.65 bits per heavy atom. The molecule has 0 heterocycles. The van der Waals surface area contributed by atoms with Crippen LogP contribution in [0, 0.1) is 11.7 Å². The van der Waals surface area contributed by atoms with E-state index in [9.17, 15) is 9.18 Å². The molecule has 1 rings (SSSR count). The quantitative estimate of drug-likeness (QED) is 0.897. The van der Waals surface area contributed by atoms with Crippen molar-refractivity contribution in [3.8, 4) is 0 Å². The van der Waals surface area contributed by atoms with Crippen LogP contribution in [0.2, 0.25) is 0 Å². The van der Waals surface area contributed by atoms with Crippen LogP contribution in [0.4, 0.5) is 4.39 Å². The van der Waals surface area contributed by atoms with Gasteiger partial charge in [-0.3, -0.25) is 4.79 Å². The molecule has 0 saturated heterocycles. The molecule has 1 aromatic carbocycles. The van der Waals surface area contributed by atoms with Crippen LogP contribution in [0.25, 0.3) is 0 Å². The van der Waals surface area contributed by atoms with Crippen LogP contribution >= 0.6 is 15.9 Å². The molecule has 3 nitrogen and oxygen atoms in total. The highest BCUT2D eigenvalue weighted by atomic mass is 79.9. The number of aliphatic hydroxyl groups is 1. The topological polar surface area (TPSA) is 49.3 Å². The molecule has 0 aliphatic heterocycles. The van der Waals surface area contributed by atoms with Crippen molar-refractivity contribution in [2.45, 2.75) is 19.9 Å². The first-order chi connectivity index (χ1) is 7.95. The molecule has 0 radical (unpaired) electrons. The second-order valence-corrected chi connectivity index (χ2v) is 4.99. The van der Waals surface area contributed by atoms with E-state index < -0.39 is 5.82 Å². The van der Waals surface area contributed by atoms with Crippen molar-refractivity contribution in [2.75, 3.05) is 6.61 Å². The summed E-state index contributed by atoms with van der Waals surface area (Å²) in [5, 5.41) is 11.8. The highest BCUT2D eigenvalue weighted by molar-refractivity contribution is 9.10. The Morgan fingerprint density at radius 1 is 1.53 bits per heavy atom. The van der Waals surface area contributed by atoms with Crippen LogP contribution in [-0.2, 0) is 0 Å². The zero-order valence-corrected chi connectivity index (χ0v) is 11.3. The van der Waals surface area contributed by atoms with Gasteiger partial charge in [-0.2, -0.15) is 0 Å². The predicted octanol–water partition coefficient (Wildman–Crippen LogP) is 2.33. The summed E-state index contributed by atoms with van der Waals surface area (Å²) < 4.78 is 13.3. The minimum atomic E-state index is -0.406. The molecule has 0 spiro atoms. The molecule has 0 aromatic heterocycles. The summed E-state index contributed by atoms with van der Waals surface area (Å²) in [4.78, 5) is 11.9. The SMILES string of the molecule is CC(C)C(CO)NC(=O)c1ccc(F)cc1Br. The average Bonchev–Trinajstić information content (AvgIpc) is 2.24. The maximum absolute atomic E-state index is 12.9. The zero-order valence-electron chi connectivity index (χ0n) is 9.71. The first-order valence-electron chi connectivity index (χ1n) is 5.32. The third kappa shape index (κ3) is 3.78. The molecular weight excluding hydrogens is 289 g/mol. The number of carbonyl (C=O) groups excluding carboxylic acids is 1. The lowest BCUT2D eigenvalue weighted by atomic mass is 10.0. The summed E-state index contributed by atoms with van der Waals surface area (Å²) in [6.07, 6.45) is 0. The van der Waals surface area contributed by atoms with Gasteiger partial charge in [0.15, 0.2) is 0 Å². The van der Waals surface area contributed by atoms with Gasteiger partial charge in [0.2, 0.25) is 0 Å². The maximum Gasteiger partial charge on any atom is 0.252 e. The highest BCUT2D eigenvalue weighted by Gasteiger charge is 2.17. The van der Waals surface area contributed by atoms with Crippen molar-refractivity contribution in [1.82, 2.24) is 5.32 Å². The van der Waals surface area contributed by atoms with Gasteiger partial charge in [-0.05, 0) is 40.0 Å². The van der Waals surface area contributed by atoms with E-state index >= 15 is 0 Å². The molecule has 0 bridgehead atoms. The van der Waals surface area contributed by atoms with Crippen LogP contribution in [-0.4, -0.2) is 23.7 Å². The molecule has 0 aliphatic carbocycles. The number of aliphatic hydroxyl groups excluding tert-OH is 1. The van der Waals surface area contributed by atoms with Crippen LogP contribution in [0.3, 0.4) is 0 Å². The molecule has 94 valence electrons. The minimum absolute atomic E-state index is 0.123. The Labute approximate surface area is 108 Å². The zero-order chi connectivity index (χ0) is 13.0. The molecular formula is C12H15BrFNO2. The maximum atomic E-state index is 12.9. The molecule has 1 unspecified atom stereocenters. The van der Waals surface area contributed by atoms with Gasteiger partial charge in [-0.1, -0.05) is 13.8 Å². The van der Waals surface area contributed by atoms with Crippen molar-refractivity contribution in [1.29, 1.82) is 0 Å². The first kappa shape index (κ1) is 14.1. The number of nitrogens with one attached hydrogen (secondary N) is 1. The van der Waals surface area contributed by atoms with Crippen molar-refractivity contribution < 1.29 is 14.3 Å². The molecule has 2 N–H and O–H groups in total. The highest BCUT2D eigenvalue weighted by Crippen LogP contribution is 2.18. The van der Waals surface area contributed by atoms with Gasteiger partial charge in [0.25, 0.3) is 5.91 Å². The van der Waals surface area contributed by atoms with Gasteiger partial charge in [0.05, 0.1) is 18.2 Å². The standard InChI is InChI=1S/C12H15BrFNO2/c1-7(2)11(6-16)15-12(17)9-4-3-8(14)5-10(9)13/h3-5,7,11,16H,6H2,1-2H3,(H,15,17). The number of amides is 1. The van der Waals surface area contributed by atoms with E-state index in [1.165, 1.54) is 18.2 Å². The predicted molar refractivity (Wildman–Crippen MR) is 67.3 cm³/mol. The number of benzene rings is 1. The molecule has 0 aliphatic rings. The Balaban J connectivity index is 2.82. The summed E-state index contributed by atoms with van der Waals surface area (Å²) in [5.41, 5.74) is 0.352. The van der Waals surface area contributed by atoms with E-state index in [1.54, 1.807) is 0 Å². The normalized spacial score (nSPS) is 12.6. The summed E-state index contributed by atoms with van der Waals surface area (Å²) >= 11 is 3.13. The lowest BCUT2D eigenvalue weighted by Gasteiger charge is -2.20.